The molecule has 0 aromatic heterocycles. The smallest absolute Gasteiger partial charge is 0.0566 e. The lowest BCUT2D eigenvalue weighted by molar-refractivity contribution is 0.0403. The molecule has 13 heavy (non-hydrogen) atoms. The third-order valence-corrected chi connectivity index (χ3v) is 4.40. The maximum Gasteiger partial charge on any atom is 0.0566 e. The second-order valence-corrected chi connectivity index (χ2v) is 5.30. The number of hydrogen-bond donors (Lipinski definition) is 2. The molecule has 0 aliphatic heterocycles. The molecule has 1 fully saturated rings. The van der Waals surface area contributed by atoms with Crippen LogP contribution in [-0.4, -0.2) is 23.8 Å². The molecule has 0 aromatic rings. The Morgan fingerprint density at radius 2 is 1.92 bits per heavy atom. The van der Waals surface area contributed by atoms with E-state index in [1.165, 1.54) is 0 Å². The molecular formula is C11H23NO. The Kier molecular flexibility index (Phi) is 2.50. The number of rotatable bonds is 3. The molecule has 4 atom stereocenters. The average molecular weight is 185 g/mol. The van der Waals surface area contributed by atoms with E-state index >= 15 is 0 Å². The predicted molar refractivity (Wildman–Crippen MR) is 55.6 cm³/mol. The predicted octanol–water partition coefficient (Wildman–Crippen LogP) is 1.64. The van der Waals surface area contributed by atoms with E-state index in [0.717, 1.165) is 0 Å². The highest BCUT2D eigenvalue weighted by molar-refractivity contribution is 5.17. The molecule has 1 rings (SSSR count). The van der Waals surface area contributed by atoms with E-state index in [1.54, 1.807) is 0 Å². The molecule has 0 radical (unpaired) electrons. The minimum absolute atomic E-state index is 0.0111. The first-order chi connectivity index (χ1) is 5.78. The fraction of sp³-hybridized carbons (Fsp3) is 1.00. The summed E-state index contributed by atoms with van der Waals surface area (Å²) in [6, 6.07) is 0. The van der Waals surface area contributed by atoms with Crippen LogP contribution < -0.4 is 5.32 Å². The Hall–Kier alpha value is -0.0800. The SMILES string of the molecule is CNC1(C)C(C)C1C(C)(C)C(C)O. The van der Waals surface area contributed by atoms with Crippen molar-refractivity contribution in [1.29, 1.82) is 0 Å². The van der Waals surface area contributed by atoms with Crippen molar-refractivity contribution in [3.8, 4) is 0 Å². The molecule has 4 unspecified atom stereocenters. The van der Waals surface area contributed by atoms with E-state index in [-0.39, 0.29) is 17.1 Å². The van der Waals surface area contributed by atoms with E-state index in [2.05, 4.69) is 33.0 Å². The first-order valence-electron chi connectivity index (χ1n) is 5.15. The van der Waals surface area contributed by atoms with Gasteiger partial charge in [0.2, 0.25) is 0 Å². The van der Waals surface area contributed by atoms with E-state index in [4.69, 9.17) is 0 Å². The van der Waals surface area contributed by atoms with Gasteiger partial charge in [-0.3, -0.25) is 0 Å². The topological polar surface area (TPSA) is 32.3 Å². The monoisotopic (exact) mass is 185 g/mol. The summed E-state index contributed by atoms with van der Waals surface area (Å²) in [5.74, 6) is 1.23. The summed E-state index contributed by atoms with van der Waals surface area (Å²) in [5, 5.41) is 13.1. The molecule has 1 aliphatic rings. The number of nitrogens with one attached hydrogen (secondary N) is 1. The molecule has 2 nitrogen and oxygen atoms in total. The van der Waals surface area contributed by atoms with Gasteiger partial charge < -0.3 is 10.4 Å². The molecule has 2 N–H and O–H groups in total. The van der Waals surface area contributed by atoms with Crippen LogP contribution in [0.1, 0.15) is 34.6 Å². The van der Waals surface area contributed by atoms with Gasteiger partial charge in [-0.1, -0.05) is 20.8 Å². The van der Waals surface area contributed by atoms with Gasteiger partial charge in [0.1, 0.15) is 0 Å². The van der Waals surface area contributed by atoms with Gasteiger partial charge in [0, 0.05) is 5.54 Å². The summed E-state index contributed by atoms with van der Waals surface area (Å²) in [6.07, 6.45) is -0.241. The molecular weight excluding hydrogens is 162 g/mol. The number of hydrogen-bond acceptors (Lipinski definition) is 2. The Morgan fingerprint density at radius 3 is 2.15 bits per heavy atom. The van der Waals surface area contributed by atoms with Crippen LogP contribution in [0.2, 0.25) is 0 Å². The fourth-order valence-corrected chi connectivity index (χ4v) is 2.79. The van der Waals surface area contributed by atoms with Gasteiger partial charge in [-0.05, 0) is 38.1 Å². The van der Waals surface area contributed by atoms with Crippen molar-refractivity contribution >= 4 is 0 Å². The van der Waals surface area contributed by atoms with E-state index in [9.17, 15) is 5.11 Å². The van der Waals surface area contributed by atoms with Gasteiger partial charge in [-0.2, -0.15) is 0 Å². The van der Waals surface area contributed by atoms with Crippen LogP contribution in [0.4, 0.5) is 0 Å². The fourth-order valence-electron chi connectivity index (χ4n) is 2.79. The van der Waals surface area contributed by atoms with Gasteiger partial charge in [0.15, 0.2) is 0 Å². The van der Waals surface area contributed by atoms with Gasteiger partial charge in [-0.15, -0.1) is 0 Å². The first kappa shape index (κ1) is 11.0. The molecule has 0 spiro atoms. The van der Waals surface area contributed by atoms with Crippen molar-refractivity contribution in [2.75, 3.05) is 7.05 Å². The van der Waals surface area contributed by atoms with Crippen molar-refractivity contribution in [3.63, 3.8) is 0 Å². The normalized spacial score (nSPS) is 41.8. The summed E-state index contributed by atoms with van der Waals surface area (Å²) < 4.78 is 0. The molecule has 0 amide bonds. The van der Waals surface area contributed by atoms with Gasteiger partial charge in [0.25, 0.3) is 0 Å². The second kappa shape index (κ2) is 2.96. The van der Waals surface area contributed by atoms with Crippen LogP contribution in [-0.2, 0) is 0 Å². The summed E-state index contributed by atoms with van der Waals surface area (Å²) in [4.78, 5) is 0. The molecule has 0 saturated heterocycles. The number of aliphatic hydroxyl groups excluding tert-OH is 1. The molecule has 0 heterocycles. The molecule has 0 aromatic carbocycles. The molecule has 2 heteroatoms. The first-order valence-corrected chi connectivity index (χ1v) is 5.15. The van der Waals surface area contributed by atoms with Crippen LogP contribution >= 0.6 is 0 Å². The van der Waals surface area contributed by atoms with Crippen molar-refractivity contribution in [1.82, 2.24) is 5.32 Å². The lowest BCUT2D eigenvalue weighted by Crippen LogP contribution is -2.36. The van der Waals surface area contributed by atoms with Crippen molar-refractivity contribution in [2.24, 2.45) is 17.3 Å². The van der Waals surface area contributed by atoms with Gasteiger partial charge in [-0.25, -0.2) is 0 Å². The molecule has 1 aliphatic carbocycles. The molecule has 1 saturated carbocycles. The molecule has 0 bridgehead atoms. The van der Waals surface area contributed by atoms with Crippen molar-refractivity contribution in [2.45, 2.75) is 46.3 Å². The van der Waals surface area contributed by atoms with E-state index < -0.39 is 0 Å². The highest BCUT2D eigenvalue weighted by Crippen LogP contribution is 2.59. The van der Waals surface area contributed by atoms with Crippen LogP contribution in [0.25, 0.3) is 0 Å². The average Bonchev–Trinajstić information content (AvgIpc) is 2.56. The summed E-state index contributed by atoms with van der Waals surface area (Å²) in [6.45, 7) is 10.7. The maximum absolute atomic E-state index is 9.71. The highest BCUT2D eigenvalue weighted by Gasteiger charge is 2.64. The zero-order valence-electron chi connectivity index (χ0n) is 9.68. The van der Waals surface area contributed by atoms with Crippen molar-refractivity contribution in [3.05, 3.63) is 0 Å². The third-order valence-electron chi connectivity index (χ3n) is 4.40. The third kappa shape index (κ3) is 1.40. The standard InChI is InChI=1S/C11H23NO/c1-7-9(11(7,5)12-6)10(3,4)8(2)13/h7-9,12-13H,1-6H3. The Morgan fingerprint density at radius 1 is 1.46 bits per heavy atom. The van der Waals surface area contributed by atoms with Crippen LogP contribution in [0.15, 0.2) is 0 Å². The Bertz CT molecular complexity index is 200. The lowest BCUT2D eigenvalue weighted by atomic mass is 9.80. The summed E-state index contributed by atoms with van der Waals surface area (Å²) in [7, 11) is 2.01. The maximum atomic E-state index is 9.71. The van der Waals surface area contributed by atoms with E-state index in [0.29, 0.717) is 11.8 Å². The van der Waals surface area contributed by atoms with Crippen LogP contribution in [0.5, 0.6) is 0 Å². The Balaban J connectivity index is 2.77. The van der Waals surface area contributed by atoms with E-state index in [1.807, 2.05) is 14.0 Å². The number of aliphatic hydroxyl groups is 1. The largest absolute Gasteiger partial charge is 0.393 e. The summed E-state index contributed by atoms with van der Waals surface area (Å²) in [5.41, 5.74) is 0.234. The highest BCUT2D eigenvalue weighted by atomic mass is 16.3. The minimum atomic E-state index is -0.241. The zero-order chi connectivity index (χ0) is 10.4. The van der Waals surface area contributed by atoms with Crippen molar-refractivity contribution < 1.29 is 5.11 Å². The van der Waals surface area contributed by atoms with Crippen LogP contribution in [0.3, 0.4) is 0 Å². The minimum Gasteiger partial charge on any atom is -0.393 e. The summed E-state index contributed by atoms with van der Waals surface area (Å²) >= 11 is 0. The molecule has 78 valence electrons. The second-order valence-electron chi connectivity index (χ2n) is 5.30. The zero-order valence-corrected chi connectivity index (χ0v) is 9.68. The Labute approximate surface area is 81.7 Å². The lowest BCUT2D eigenvalue weighted by Gasteiger charge is -2.30. The van der Waals surface area contributed by atoms with Gasteiger partial charge >= 0.3 is 0 Å². The quantitative estimate of drug-likeness (QED) is 0.700. The van der Waals surface area contributed by atoms with Crippen LogP contribution in [0, 0.1) is 17.3 Å². The van der Waals surface area contributed by atoms with Gasteiger partial charge in [0.05, 0.1) is 6.10 Å².